The van der Waals surface area contributed by atoms with E-state index in [-0.39, 0.29) is 17.3 Å². The van der Waals surface area contributed by atoms with Crippen LogP contribution in [0.25, 0.3) is 0 Å². The lowest BCUT2D eigenvalue weighted by atomic mass is 9.74. The Hall–Kier alpha value is -0.450. The largest absolute Gasteiger partial charge is 0.379 e. The minimum absolute atomic E-state index is 0.141. The predicted molar refractivity (Wildman–Crippen MR) is 69.5 cm³/mol. The van der Waals surface area contributed by atoms with Crippen LogP contribution < -0.4 is 5.73 Å². The van der Waals surface area contributed by atoms with Crippen molar-refractivity contribution in [1.29, 1.82) is 0 Å². The van der Waals surface area contributed by atoms with Gasteiger partial charge in [0.25, 0.3) is 0 Å². The highest BCUT2D eigenvalue weighted by atomic mass is 79.9. The number of hydrogen-bond donors (Lipinski definition) is 1. The van der Waals surface area contributed by atoms with Crippen molar-refractivity contribution >= 4 is 15.9 Å². The van der Waals surface area contributed by atoms with E-state index in [0.717, 1.165) is 22.9 Å². The summed E-state index contributed by atoms with van der Waals surface area (Å²) in [7, 11) is 0. The van der Waals surface area contributed by atoms with Crippen LogP contribution in [0.5, 0.6) is 0 Å². The Morgan fingerprint density at radius 3 is 2.76 bits per heavy atom. The van der Waals surface area contributed by atoms with Gasteiger partial charge in [-0.15, -0.1) is 0 Å². The zero-order valence-electron chi connectivity index (χ0n) is 9.88. The van der Waals surface area contributed by atoms with Crippen LogP contribution in [0.2, 0.25) is 0 Å². The molecule has 1 aliphatic rings. The van der Waals surface area contributed by atoms with E-state index in [4.69, 9.17) is 10.5 Å². The standard InChI is InChI=1S/C13H17BrFNO/c1-9(16)4-5-13(7-17-8-13)11-6-10(14)2-3-12(11)15/h2-3,6,9H,4-5,7-8,16H2,1H3. The van der Waals surface area contributed by atoms with E-state index in [1.165, 1.54) is 6.07 Å². The molecule has 0 aromatic heterocycles. The second kappa shape index (κ2) is 5.04. The van der Waals surface area contributed by atoms with E-state index in [9.17, 15) is 4.39 Å². The molecule has 1 aromatic carbocycles. The van der Waals surface area contributed by atoms with Crippen LogP contribution in [0.15, 0.2) is 22.7 Å². The molecule has 1 heterocycles. The Labute approximate surface area is 109 Å². The van der Waals surface area contributed by atoms with Gasteiger partial charge in [0.2, 0.25) is 0 Å². The molecule has 1 fully saturated rings. The molecule has 1 aliphatic heterocycles. The fraction of sp³-hybridized carbons (Fsp3) is 0.538. The first-order valence-corrected chi connectivity index (χ1v) is 6.62. The summed E-state index contributed by atoms with van der Waals surface area (Å²) >= 11 is 3.39. The van der Waals surface area contributed by atoms with Gasteiger partial charge < -0.3 is 10.5 Å². The van der Waals surface area contributed by atoms with Crippen LogP contribution in [0.4, 0.5) is 4.39 Å². The minimum Gasteiger partial charge on any atom is -0.379 e. The molecule has 0 bridgehead atoms. The molecule has 17 heavy (non-hydrogen) atoms. The summed E-state index contributed by atoms with van der Waals surface area (Å²) < 4.78 is 20.1. The summed E-state index contributed by atoms with van der Waals surface area (Å²) in [5.74, 6) is -0.152. The van der Waals surface area contributed by atoms with Crippen LogP contribution >= 0.6 is 15.9 Å². The van der Waals surface area contributed by atoms with Gasteiger partial charge in [0.05, 0.1) is 13.2 Å². The van der Waals surface area contributed by atoms with Crippen molar-refractivity contribution in [2.75, 3.05) is 13.2 Å². The summed E-state index contributed by atoms with van der Waals surface area (Å²) in [6, 6.07) is 5.23. The van der Waals surface area contributed by atoms with Gasteiger partial charge >= 0.3 is 0 Å². The lowest BCUT2D eigenvalue weighted by Gasteiger charge is -2.42. The molecule has 1 saturated heterocycles. The molecule has 0 aliphatic carbocycles. The fourth-order valence-electron chi connectivity index (χ4n) is 2.19. The van der Waals surface area contributed by atoms with Gasteiger partial charge in [-0.1, -0.05) is 15.9 Å². The lowest BCUT2D eigenvalue weighted by Crippen LogP contribution is -2.48. The summed E-state index contributed by atoms with van der Waals surface area (Å²) in [5.41, 5.74) is 6.35. The molecular weight excluding hydrogens is 285 g/mol. The zero-order valence-corrected chi connectivity index (χ0v) is 11.5. The van der Waals surface area contributed by atoms with E-state index in [2.05, 4.69) is 15.9 Å². The van der Waals surface area contributed by atoms with Crippen molar-refractivity contribution in [1.82, 2.24) is 0 Å². The normalized spacial score (nSPS) is 19.8. The molecule has 0 radical (unpaired) electrons. The van der Waals surface area contributed by atoms with Crippen molar-refractivity contribution in [2.45, 2.75) is 31.2 Å². The average molecular weight is 302 g/mol. The molecule has 2 nitrogen and oxygen atoms in total. The van der Waals surface area contributed by atoms with Gasteiger partial charge in [-0.3, -0.25) is 0 Å². The van der Waals surface area contributed by atoms with Gasteiger partial charge in [0, 0.05) is 15.9 Å². The number of rotatable bonds is 4. The summed E-state index contributed by atoms with van der Waals surface area (Å²) in [4.78, 5) is 0. The van der Waals surface area contributed by atoms with Crippen LogP contribution in [0.1, 0.15) is 25.3 Å². The molecule has 0 amide bonds. The highest BCUT2D eigenvalue weighted by molar-refractivity contribution is 9.10. The Balaban J connectivity index is 2.24. The zero-order chi connectivity index (χ0) is 12.5. The third-order valence-corrected chi connectivity index (χ3v) is 3.83. The fourth-order valence-corrected chi connectivity index (χ4v) is 2.55. The van der Waals surface area contributed by atoms with Crippen LogP contribution in [-0.4, -0.2) is 19.3 Å². The Bertz CT molecular complexity index is 404. The first-order valence-electron chi connectivity index (χ1n) is 5.82. The van der Waals surface area contributed by atoms with E-state index < -0.39 is 0 Å². The number of benzene rings is 1. The van der Waals surface area contributed by atoms with Crippen LogP contribution in [-0.2, 0) is 10.2 Å². The van der Waals surface area contributed by atoms with E-state index in [1.54, 1.807) is 6.07 Å². The van der Waals surface area contributed by atoms with Crippen molar-refractivity contribution in [3.63, 3.8) is 0 Å². The molecule has 2 N–H and O–H groups in total. The molecule has 0 saturated carbocycles. The molecule has 1 atom stereocenters. The maximum atomic E-state index is 13.9. The highest BCUT2D eigenvalue weighted by Gasteiger charge is 2.41. The molecular formula is C13H17BrFNO. The van der Waals surface area contributed by atoms with Crippen molar-refractivity contribution in [3.05, 3.63) is 34.1 Å². The average Bonchev–Trinajstić information content (AvgIpc) is 2.21. The van der Waals surface area contributed by atoms with Crippen LogP contribution in [0, 0.1) is 5.82 Å². The molecule has 1 aromatic rings. The molecule has 2 rings (SSSR count). The van der Waals surface area contributed by atoms with E-state index >= 15 is 0 Å². The van der Waals surface area contributed by atoms with Crippen molar-refractivity contribution < 1.29 is 9.13 Å². The van der Waals surface area contributed by atoms with Gasteiger partial charge in [-0.2, -0.15) is 0 Å². The highest BCUT2D eigenvalue weighted by Crippen LogP contribution is 2.39. The lowest BCUT2D eigenvalue weighted by molar-refractivity contribution is -0.0672. The van der Waals surface area contributed by atoms with Crippen LogP contribution in [0.3, 0.4) is 0 Å². The molecule has 94 valence electrons. The van der Waals surface area contributed by atoms with E-state index in [0.29, 0.717) is 13.2 Å². The van der Waals surface area contributed by atoms with E-state index in [1.807, 2.05) is 13.0 Å². The second-order valence-electron chi connectivity index (χ2n) is 4.91. The van der Waals surface area contributed by atoms with Gasteiger partial charge in [0.1, 0.15) is 5.82 Å². The quantitative estimate of drug-likeness (QED) is 0.928. The van der Waals surface area contributed by atoms with Gasteiger partial charge in [-0.05, 0) is 43.5 Å². The number of nitrogens with two attached hydrogens (primary N) is 1. The monoisotopic (exact) mass is 301 g/mol. The molecule has 4 heteroatoms. The number of hydrogen-bond acceptors (Lipinski definition) is 2. The molecule has 1 unspecified atom stereocenters. The van der Waals surface area contributed by atoms with Gasteiger partial charge in [0.15, 0.2) is 0 Å². The smallest absolute Gasteiger partial charge is 0.127 e. The maximum Gasteiger partial charge on any atom is 0.127 e. The number of ether oxygens (including phenoxy) is 1. The SMILES string of the molecule is CC(N)CCC1(c2cc(Br)ccc2F)COC1. The topological polar surface area (TPSA) is 35.2 Å². The number of halogens is 2. The van der Waals surface area contributed by atoms with Gasteiger partial charge in [-0.25, -0.2) is 4.39 Å². The first kappa shape index (κ1) is 13.0. The van der Waals surface area contributed by atoms with Crippen molar-refractivity contribution in [3.8, 4) is 0 Å². The maximum absolute atomic E-state index is 13.9. The summed E-state index contributed by atoms with van der Waals surface area (Å²) in [6.07, 6.45) is 1.76. The first-order chi connectivity index (χ1) is 8.03. The molecule has 0 spiro atoms. The summed E-state index contributed by atoms with van der Waals surface area (Å²) in [6.45, 7) is 3.16. The Morgan fingerprint density at radius 1 is 1.53 bits per heavy atom. The Morgan fingerprint density at radius 2 is 2.24 bits per heavy atom. The third kappa shape index (κ3) is 2.69. The predicted octanol–water partition coefficient (Wildman–Crippen LogP) is 2.98. The third-order valence-electron chi connectivity index (χ3n) is 3.33. The van der Waals surface area contributed by atoms with Crippen molar-refractivity contribution in [2.24, 2.45) is 5.73 Å². The second-order valence-corrected chi connectivity index (χ2v) is 5.83. The summed E-state index contributed by atoms with van der Waals surface area (Å²) in [5, 5.41) is 0. The Kier molecular flexibility index (Phi) is 3.85. The minimum atomic E-state index is -0.179.